The number of ether oxygens (including phenoxy) is 2. The van der Waals surface area contributed by atoms with Crippen molar-refractivity contribution in [1.29, 1.82) is 0 Å². The van der Waals surface area contributed by atoms with Crippen molar-refractivity contribution < 1.29 is 22.7 Å². The van der Waals surface area contributed by atoms with Crippen LogP contribution in [0.1, 0.15) is 37.9 Å². The van der Waals surface area contributed by atoms with Gasteiger partial charge in [0.15, 0.2) is 0 Å². The van der Waals surface area contributed by atoms with E-state index < -0.39 is 15.9 Å². The lowest BCUT2D eigenvalue weighted by atomic mass is 10.1. The number of hydrogen-bond acceptors (Lipinski definition) is 5. The van der Waals surface area contributed by atoms with Crippen LogP contribution in [0.2, 0.25) is 0 Å². The van der Waals surface area contributed by atoms with Crippen LogP contribution in [-0.4, -0.2) is 34.1 Å². The highest BCUT2D eigenvalue weighted by molar-refractivity contribution is 7.92. The Hall–Kier alpha value is -3.52. The molecule has 0 bridgehead atoms. The SMILES string of the molecule is CCOc1ccc(C(C)NC(=O)CN(c2ccc(OCC)cc2)S(=O)(=O)c2ccc(C)cc2)cc1. The number of carbonyl (C=O) groups excluding carboxylic acids is 1. The molecule has 1 unspecified atom stereocenters. The van der Waals surface area contributed by atoms with Crippen molar-refractivity contribution in [2.45, 2.75) is 38.6 Å². The molecule has 3 aromatic carbocycles. The van der Waals surface area contributed by atoms with Crippen LogP contribution in [-0.2, 0) is 14.8 Å². The largest absolute Gasteiger partial charge is 0.494 e. The number of nitrogens with zero attached hydrogens (tertiary/aromatic N) is 1. The number of benzene rings is 3. The molecule has 0 spiro atoms. The van der Waals surface area contributed by atoms with E-state index in [4.69, 9.17) is 9.47 Å². The van der Waals surface area contributed by atoms with E-state index in [9.17, 15) is 13.2 Å². The summed E-state index contributed by atoms with van der Waals surface area (Å²) >= 11 is 0. The molecule has 186 valence electrons. The zero-order valence-electron chi connectivity index (χ0n) is 20.5. The number of sulfonamides is 1. The van der Waals surface area contributed by atoms with Gasteiger partial charge < -0.3 is 14.8 Å². The Kier molecular flexibility index (Phi) is 8.76. The van der Waals surface area contributed by atoms with Gasteiger partial charge in [0.05, 0.1) is 29.8 Å². The van der Waals surface area contributed by atoms with Crippen molar-refractivity contribution >= 4 is 21.6 Å². The van der Waals surface area contributed by atoms with Gasteiger partial charge >= 0.3 is 0 Å². The van der Waals surface area contributed by atoms with E-state index in [1.807, 2.05) is 52.0 Å². The minimum atomic E-state index is -3.99. The molecule has 35 heavy (non-hydrogen) atoms. The Morgan fingerprint density at radius 3 is 1.89 bits per heavy atom. The van der Waals surface area contributed by atoms with Crippen molar-refractivity contribution in [3.05, 3.63) is 83.9 Å². The minimum Gasteiger partial charge on any atom is -0.494 e. The van der Waals surface area contributed by atoms with E-state index in [0.29, 0.717) is 24.7 Å². The third-order valence-corrected chi connectivity index (χ3v) is 7.19. The van der Waals surface area contributed by atoms with Crippen molar-refractivity contribution in [1.82, 2.24) is 5.32 Å². The molecule has 1 N–H and O–H groups in total. The first-order chi connectivity index (χ1) is 16.7. The molecule has 3 rings (SSSR count). The molecule has 0 heterocycles. The number of hydrogen-bond donors (Lipinski definition) is 1. The molecular weight excluding hydrogens is 464 g/mol. The Labute approximate surface area is 207 Å². The lowest BCUT2D eigenvalue weighted by Crippen LogP contribution is -2.41. The standard InChI is InChI=1S/C27H32N2O5S/c1-5-33-24-13-9-22(10-14-24)21(4)28-27(30)19-29(23-11-15-25(16-12-23)34-6-2)35(31,32)26-17-7-20(3)8-18-26/h7-18,21H,5-6,19H2,1-4H3,(H,28,30). The Bertz CT molecular complexity index is 1210. The summed E-state index contributed by atoms with van der Waals surface area (Å²) in [6.45, 7) is 8.22. The smallest absolute Gasteiger partial charge is 0.264 e. The number of carbonyl (C=O) groups is 1. The summed E-state index contributed by atoms with van der Waals surface area (Å²) < 4.78 is 39.1. The molecule has 0 saturated heterocycles. The van der Waals surface area contributed by atoms with E-state index in [-0.39, 0.29) is 17.5 Å². The van der Waals surface area contributed by atoms with Gasteiger partial charge in [-0.15, -0.1) is 0 Å². The van der Waals surface area contributed by atoms with Crippen molar-refractivity contribution in [3.8, 4) is 11.5 Å². The monoisotopic (exact) mass is 496 g/mol. The number of aryl methyl sites for hydroxylation is 1. The average molecular weight is 497 g/mol. The highest BCUT2D eigenvalue weighted by Gasteiger charge is 2.27. The minimum absolute atomic E-state index is 0.115. The first-order valence-electron chi connectivity index (χ1n) is 11.6. The molecule has 1 atom stereocenters. The normalized spacial score (nSPS) is 12.0. The van der Waals surface area contributed by atoms with Gasteiger partial charge in [0, 0.05) is 0 Å². The fourth-order valence-electron chi connectivity index (χ4n) is 3.55. The van der Waals surface area contributed by atoms with Crippen LogP contribution in [0.3, 0.4) is 0 Å². The fourth-order valence-corrected chi connectivity index (χ4v) is 4.97. The summed E-state index contributed by atoms with van der Waals surface area (Å²) in [4.78, 5) is 13.1. The first kappa shape index (κ1) is 26.1. The molecular formula is C27H32N2O5S. The van der Waals surface area contributed by atoms with Crippen LogP contribution in [0.15, 0.2) is 77.7 Å². The average Bonchev–Trinajstić information content (AvgIpc) is 2.84. The van der Waals surface area contributed by atoms with Crippen LogP contribution in [0.5, 0.6) is 11.5 Å². The molecule has 3 aromatic rings. The number of amides is 1. The van der Waals surface area contributed by atoms with Crippen molar-refractivity contribution in [2.24, 2.45) is 0 Å². The Balaban J connectivity index is 1.84. The van der Waals surface area contributed by atoms with Crippen LogP contribution in [0, 0.1) is 6.92 Å². The van der Waals surface area contributed by atoms with Gasteiger partial charge in [0.2, 0.25) is 5.91 Å². The summed E-state index contributed by atoms with van der Waals surface area (Å²) in [5.41, 5.74) is 2.20. The zero-order chi connectivity index (χ0) is 25.4. The van der Waals surface area contributed by atoms with E-state index in [1.165, 1.54) is 0 Å². The number of anilines is 1. The van der Waals surface area contributed by atoms with Gasteiger partial charge in [-0.2, -0.15) is 0 Å². The highest BCUT2D eigenvalue weighted by Crippen LogP contribution is 2.26. The van der Waals surface area contributed by atoms with E-state index >= 15 is 0 Å². The molecule has 0 aliphatic heterocycles. The number of rotatable bonds is 11. The van der Waals surface area contributed by atoms with Crippen LogP contribution in [0.25, 0.3) is 0 Å². The molecule has 0 fully saturated rings. The Morgan fingerprint density at radius 1 is 0.857 bits per heavy atom. The molecule has 0 aromatic heterocycles. The first-order valence-corrected chi connectivity index (χ1v) is 13.0. The molecule has 8 heteroatoms. The lowest BCUT2D eigenvalue weighted by molar-refractivity contribution is -0.120. The second-order valence-corrected chi connectivity index (χ2v) is 9.91. The summed E-state index contributed by atoms with van der Waals surface area (Å²) in [6.07, 6.45) is 0. The Morgan fingerprint density at radius 2 is 1.37 bits per heavy atom. The van der Waals surface area contributed by atoms with E-state index in [2.05, 4.69) is 5.32 Å². The van der Waals surface area contributed by atoms with Gasteiger partial charge in [-0.05, 0) is 81.8 Å². The second-order valence-electron chi connectivity index (χ2n) is 8.04. The van der Waals surface area contributed by atoms with Crippen LogP contribution < -0.4 is 19.1 Å². The molecule has 0 saturated carbocycles. The maximum atomic E-state index is 13.5. The fraction of sp³-hybridized carbons (Fsp3) is 0.296. The van der Waals surface area contributed by atoms with Crippen LogP contribution >= 0.6 is 0 Å². The van der Waals surface area contributed by atoms with Gasteiger partial charge in [-0.3, -0.25) is 9.10 Å². The highest BCUT2D eigenvalue weighted by atomic mass is 32.2. The maximum Gasteiger partial charge on any atom is 0.264 e. The van der Waals surface area contributed by atoms with Crippen molar-refractivity contribution in [2.75, 3.05) is 24.1 Å². The van der Waals surface area contributed by atoms with E-state index in [1.54, 1.807) is 48.5 Å². The lowest BCUT2D eigenvalue weighted by Gasteiger charge is -2.25. The van der Waals surface area contributed by atoms with Gasteiger partial charge in [-0.25, -0.2) is 8.42 Å². The van der Waals surface area contributed by atoms with Crippen molar-refractivity contribution in [3.63, 3.8) is 0 Å². The molecule has 0 aliphatic carbocycles. The summed E-state index contributed by atoms with van der Waals surface area (Å²) in [7, 11) is -3.99. The maximum absolute atomic E-state index is 13.5. The quantitative estimate of drug-likeness (QED) is 0.410. The molecule has 7 nitrogen and oxygen atoms in total. The second kappa shape index (κ2) is 11.8. The molecule has 0 aliphatic rings. The van der Waals surface area contributed by atoms with Crippen LogP contribution in [0.4, 0.5) is 5.69 Å². The topological polar surface area (TPSA) is 84.9 Å². The van der Waals surface area contributed by atoms with E-state index in [0.717, 1.165) is 21.2 Å². The van der Waals surface area contributed by atoms with Gasteiger partial charge in [0.25, 0.3) is 10.0 Å². The predicted octanol–water partition coefficient (Wildman–Crippen LogP) is 4.87. The zero-order valence-corrected chi connectivity index (χ0v) is 21.3. The molecule has 0 radical (unpaired) electrons. The predicted molar refractivity (Wildman–Crippen MR) is 137 cm³/mol. The summed E-state index contributed by atoms with van der Waals surface area (Å²) in [6, 6.07) is 20.3. The summed E-state index contributed by atoms with van der Waals surface area (Å²) in [5.74, 6) is 0.953. The summed E-state index contributed by atoms with van der Waals surface area (Å²) in [5, 5.41) is 2.90. The third kappa shape index (κ3) is 6.76. The third-order valence-electron chi connectivity index (χ3n) is 5.40. The molecule has 1 amide bonds. The van der Waals surface area contributed by atoms with Gasteiger partial charge in [-0.1, -0.05) is 29.8 Å². The van der Waals surface area contributed by atoms with Gasteiger partial charge in [0.1, 0.15) is 18.0 Å². The number of nitrogens with one attached hydrogen (secondary N) is 1.